The highest BCUT2D eigenvalue weighted by Crippen LogP contribution is 2.55. The SMILES string of the molecule is CC1(C)c2ccccc2-c2c(-c3ccc(N(c4cccc(-c5ccccc5)c4)c4ccc5c(c4)sc4ccccc45)cc3)cc3ccccc3c21. The Hall–Kier alpha value is -5.96. The average Bonchev–Trinajstić information content (AvgIpc) is 3.67. The van der Waals surface area contributed by atoms with E-state index in [0.29, 0.717) is 0 Å². The van der Waals surface area contributed by atoms with Crippen molar-refractivity contribution in [1.82, 2.24) is 0 Å². The van der Waals surface area contributed by atoms with E-state index in [1.165, 1.54) is 75.5 Å². The normalized spacial score (nSPS) is 13.1. The molecular formula is C49H35NS. The summed E-state index contributed by atoms with van der Waals surface area (Å²) in [5.41, 5.74) is 13.8. The molecule has 0 saturated heterocycles. The van der Waals surface area contributed by atoms with E-state index in [2.05, 4.69) is 195 Å². The van der Waals surface area contributed by atoms with E-state index >= 15 is 0 Å². The maximum absolute atomic E-state index is 2.41. The minimum Gasteiger partial charge on any atom is -0.310 e. The van der Waals surface area contributed by atoms with Crippen molar-refractivity contribution in [2.24, 2.45) is 0 Å². The lowest BCUT2D eigenvalue weighted by atomic mass is 9.79. The predicted molar refractivity (Wildman–Crippen MR) is 220 cm³/mol. The van der Waals surface area contributed by atoms with Crippen molar-refractivity contribution in [2.45, 2.75) is 19.3 Å². The van der Waals surface area contributed by atoms with Gasteiger partial charge in [-0.3, -0.25) is 0 Å². The van der Waals surface area contributed by atoms with Crippen LogP contribution in [0.15, 0.2) is 176 Å². The molecule has 0 unspecified atom stereocenters. The lowest BCUT2D eigenvalue weighted by Gasteiger charge is -2.27. The Kier molecular flexibility index (Phi) is 6.78. The molecule has 1 aromatic heterocycles. The van der Waals surface area contributed by atoms with E-state index in [9.17, 15) is 0 Å². The molecule has 51 heavy (non-hydrogen) atoms. The quantitative estimate of drug-likeness (QED) is 0.176. The Morgan fingerprint density at radius 2 is 1.10 bits per heavy atom. The average molecular weight is 670 g/mol. The Balaban J connectivity index is 1.15. The van der Waals surface area contributed by atoms with Crippen molar-refractivity contribution < 1.29 is 0 Å². The first-order valence-electron chi connectivity index (χ1n) is 17.7. The zero-order valence-corrected chi connectivity index (χ0v) is 29.4. The van der Waals surface area contributed by atoms with Crippen molar-refractivity contribution in [3.05, 3.63) is 187 Å². The van der Waals surface area contributed by atoms with Gasteiger partial charge in [-0.25, -0.2) is 0 Å². The predicted octanol–water partition coefficient (Wildman–Crippen LogP) is 14.3. The van der Waals surface area contributed by atoms with E-state index in [0.717, 1.165) is 17.1 Å². The highest BCUT2D eigenvalue weighted by atomic mass is 32.1. The molecule has 0 spiro atoms. The van der Waals surface area contributed by atoms with Crippen LogP contribution in [0, 0.1) is 0 Å². The summed E-state index contributed by atoms with van der Waals surface area (Å²) in [7, 11) is 0. The second-order valence-electron chi connectivity index (χ2n) is 14.1. The molecule has 9 aromatic rings. The molecule has 2 heteroatoms. The summed E-state index contributed by atoms with van der Waals surface area (Å²) in [5, 5.41) is 5.25. The summed E-state index contributed by atoms with van der Waals surface area (Å²) in [4.78, 5) is 2.41. The number of hydrogen-bond donors (Lipinski definition) is 0. The highest BCUT2D eigenvalue weighted by Gasteiger charge is 2.38. The van der Waals surface area contributed by atoms with Crippen LogP contribution in [0.2, 0.25) is 0 Å². The fourth-order valence-corrected chi connectivity index (χ4v) is 9.57. The third-order valence-corrected chi connectivity index (χ3v) is 11.9. The van der Waals surface area contributed by atoms with Gasteiger partial charge in [0.25, 0.3) is 0 Å². The van der Waals surface area contributed by atoms with Gasteiger partial charge in [-0.1, -0.05) is 141 Å². The molecule has 0 N–H and O–H groups in total. The van der Waals surface area contributed by atoms with Gasteiger partial charge in [-0.2, -0.15) is 0 Å². The first kappa shape index (κ1) is 29.9. The number of nitrogens with zero attached hydrogens (tertiary/aromatic N) is 1. The summed E-state index contributed by atoms with van der Waals surface area (Å²) >= 11 is 1.86. The minimum atomic E-state index is -0.0900. The molecule has 1 aliphatic carbocycles. The number of fused-ring (bicyclic) bond motifs is 8. The van der Waals surface area contributed by atoms with Crippen LogP contribution in [-0.2, 0) is 5.41 Å². The van der Waals surface area contributed by atoms with Crippen LogP contribution in [0.25, 0.3) is 64.3 Å². The number of thiophene rings is 1. The van der Waals surface area contributed by atoms with E-state index in [1.54, 1.807) is 0 Å². The second-order valence-corrected chi connectivity index (χ2v) is 15.2. The number of rotatable bonds is 5. The Bertz CT molecular complexity index is 2770. The maximum atomic E-state index is 2.41. The van der Waals surface area contributed by atoms with Gasteiger partial charge in [0.1, 0.15) is 0 Å². The third-order valence-electron chi connectivity index (χ3n) is 10.8. The summed E-state index contributed by atoms with van der Waals surface area (Å²) in [6.45, 7) is 4.76. The van der Waals surface area contributed by atoms with Crippen LogP contribution >= 0.6 is 11.3 Å². The summed E-state index contributed by atoms with van der Waals surface area (Å²) in [6, 6.07) is 64.7. The molecule has 242 valence electrons. The zero-order chi connectivity index (χ0) is 34.1. The van der Waals surface area contributed by atoms with Gasteiger partial charge in [0, 0.05) is 42.6 Å². The molecule has 0 fully saturated rings. The highest BCUT2D eigenvalue weighted by molar-refractivity contribution is 7.25. The first-order chi connectivity index (χ1) is 25.0. The molecule has 0 saturated carbocycles. The molecule has 1 aliphatic rings. The van der Waals surface area contributed by atoms with Gasteiger partial charge in [-0.05, 0) is 104 Å². The van der Waals surface area contributed by atoms with Crippen LogP contribution in [0.1, 0.15) is 25.0 Å². The number of anilines is 3. The smallest absolute Gasteiger partial charge is 0.0476 e. The molecule has 8 aromatic carbocycles. The molecule has 0 atom stereocenters. The lowest BCUT2D eigenvalue weighted by Crippen LogP contribution is -2.15. The summed E-state index contributed by atoms with van der Waals surface area (Å²) < 4.78 is 2.61. The van der Waals surface area contributed by atoms with Crippen molar-refractivity contribution in [3.63, 3.8) is 0 Å². The Labute approximate surface area is 302 Å². The third kappa shape index (κ3) is 4.75. The van der Waals surface area contributed by atoms with Crippen LogP contribution in [0.5, 0.6) is 0 Å². The molecule has 0 bridgehead atoms. The molecule has 10 rings (SSSR count). The molecule has 0 aliphatic heterocycles. The van der Waals surface area contributed by atoms with Gasteiger partial charge in [-0.15, -0.1) is 11.3 Å². The largest absolute Gasteiger partial charge is 0.310 e. The van der Waals surface area contributed by atoms with Gasteiger partial charge in [0.05, 0.1) is 0 Å². The Morgan fingerprint density at radius 1 is 0.431 bits per heavy atom. The number of benzene rings is 8. The maximum Gasteiger partial charge on any atom is 0.0476 e. The van der Waals surface area contributed by atoms with Crippen LogP contribution < -0.4 is 4.90 Å². The second kappa shape index (κ2) is 11.6. The van der Waals surface area contributed by atoms with Crippen LogP contribution in [-0.4, -0.2) is 0 Å². The molecule has 0 radical (unpaired) electrons. The van der Waals surface area contributed by atoms with Crippen LogP contribution in [0.3, 0.4) is 0 Å². The molecule has 0 amide bonds. The standard InChI is InChI=1S/C49H35NS/c1-49(2)44-21-10-8-20-42(44)47-43(30-35-15-6-7-18-39(35)48(47)49)33-23-25-36(26-24-33)50(37-17-12-16-34(29-37)32-13-4-3-5-14-32)38-27-28-41-40-19-9-11-22-45(40)51-46(41)31-38/h3-31H,1-2H3. The summed E-state index contributed by atoms with van der Waals surface area (Å²) in [5.74, 6) is 0. The van der Waals surface area contributed by atoms with E-state index in [-0.39, 0.29) is 5.41 Å². The molecule has 1 nitrogen and oxygen atoms in total. The zero-order valence-electron chi connectivity index (χ0n) is 28.6. The summed E-state index contributed by atoms with van der Waals surface area (Å²) in [6.07, 6.45) is 0. The topological polar surface area (TPSA) is 3.24 Å². The van der Waals surface area contributed by atoms with Gasteiger partial charge < -0.3 is 4.90 Å². The lowest BCUT2D eigenvalue weighted by molar-refractivity contribution is 0.666. The fraction of sp³-hybridized carbons (Fsp3) is 0.0612. The fourth-order valence-electron chi connectivity index (χ4n) is 8.43. The van der Waals surface area contributed by atoms with Gasteiger partial charge in [0.2, 0.25) is 0 Å². The number of hydrogen-bond acceptors (Lipinski definition) is 2. The van der Waals surface area contributed by atoms with E-state index in [1.807, 2.05) is 11.3 Å². The van der Waals surface area contributed by atoms with Gasteiger partial charge in [0.15, 0.2) is 0 Å². The van der Waals surface area contributed by atoms with Crippen molar-refractivity contribution >= 4 is 59.3 Å². The first-order valence-corrected chi connectivity index (χ1v) is 18.5. The van der Waals surface area contributed by atoms with E-state index in [4.69, 9.17) is 0 Å². The Morgan fingerprint density at radius 3 is 1.96 bits per heavy atom. The minimum absolute atomic E-state index is 0.0900. The van der Waals surface area contributed by atoms with Crippen molar-refractivity contribution in [3.8, 4) is 33.4 Å². The van der Waals surface area contributed by atoms with Gasteiger partial charge >= 0.3 is 0 Å². The van der Waals surface area contributed by atoms with Crippen molar-refractivity contribution in [2.75, 3.05) is 4.90 Å². The van der Waals surface area contributed by atoms with Crippen LogP contribution in [0.4, 0.5) is 17.1 Å². The molecule has 1 heterocycles. The van der Waals surface area contributed by atoms with E-state index < -0.39 is 0 Å². The molecular weight excluding hydrogens is 635 g/mol. The van der Waals surface area contributed by atoms with Crippen molar-refractivity contribution in [1.29, 1.82) is 0 Å². The monoisotopic (exact) mass is 669 g/mol.